The van der Waals surface area contributed by atoms with Gasteiger partial charge < -0.3 is 10.2 Å². The summed E-state index contributed by atoms with van der Waals surface area (Å²) in [6.07, 6.45) is 1.70. The minimum Gasteiger partial charge on any atom is -0.352 e. The fourth-order valence-corrected chi connectivity index (χ4v) is 4.74. The predicted octanol–water partition coefficient (Wildman–Crippen LogP) is 4.74. The van der Waals surface area contributed by atoms with E-state index < -0.39 is 28.5 Å². The average Bonchev–Trinajstić information content (AvgIpc) is 2.73. The molecule has 2 unspecified atom stereocenters. The van der Waals surface area contributed by atoms with Gasteiger partial charge >= 0.3 is 0 Å². The third-order valence-corrected chi connectivity index (χ3v) is 7.04. The van der Waals surface area contributed by atoms with Crippen molar-refractivity contribution in [2.75, 3.05) is 17.1 Å². The Labute approximate surface area is 216 Å². The van der Waals surface area contributed by atoms with Crippen LogP contribution in [0.3, 0.4) is 0 Å². The van der Waals surface area contributed by atoms with Crippen LogP contribution in [0.2, 0.25) is 15.1 Å². The van der Waals surface area contributed by atoms with Gasteiger partial charge in [0, 0.05) is 27.7 Å². The summed E-state index contributed by atoms with van der Waals surface area (Å²) in [4.78, 5) is 27.7. The number of benzene rings is 2. The second kappa shape index (κ2) is 12.1. The van der Waals surface area contributed by atoms with Gasteiger partial charge in [-0.2, -0.15) is 0 Å². The third-order valence-electron chi connectivity index (χ3n) is 5.22. The first kappa shape index (κ1) is 28.2. The van der Waals surface area contributed by atoms with E-state index in [9.17, 15) is 18.0 Å². The first-order chi connectivity index (χ1) is 15.8. The number of hydrogen-bond acceptors (Lipinski definition) is 4. The SMILES string of the molecule is CCC(C)NC(=O)C(C)N(Cc1cccc(Cl)c1)C(=O)CN(c1cc(Cl)cc(Cl)c1)S(C)(=O)=O. The van der Waals surface area contributed by atoms with Crippen molar-refractivity contribution in [2.45, 2.75) is 45.8 Å². The van der Waals surface area contributed by atoms with E-state index in [2.05, 4.69) is 5.32 Å². The Morgan fingerprint density at radius 3 is 2.15 bits per heavy atom. The minimum atomic E-state index is -3.88. The molecule has 0 saturated heterocycles. The smallest absolute Gasteiger partial charge is 0.244 e. The normalized spacial score (nSPS) is 13.1. The zero-order valence-corrected chi connectivity index (χ0v) is 22.5. The Bertz CT molecular complexity index is 1120. The zero-order valence-electron chi connectivity index (χ0n) is 19.4. The fourth-order valence-electron chi connectivity index (χ4n) is 3.18. The number of carbonyl (C=O) groups is 2. The lowest BCUT2D eigenvalue weighted by Crippen LogP contribution is -2.52. The van der Waals surface area contributed by atoms with Crippen LogP contribution in [0.25, 0.3) is 0 Å². The Balaban J connectivity index is 2.42. The molecule has 7 nitrogen and oxygen atoms in total. The molecule has 0 bridgehead atoms. The molecule has 2 atom stereocenters. The van der Waals surface area contributed by atoms with E-state index in [0.29, 0.717) is 10.6 Å². The van der Waals surface area contributed by atoms with Gasteiger partial charge in [-0.1, -0.05) is 53.9 Å². The minimum absolute atomic E-state index is 0.0579. The number of anilines is 1. The molecule has 0 fully saturated rings. The van der Waals surface area contributed by atoms with E-state index in [-0.39, 0.29) is 34.2 Å². The highest BCUT2D eigenvalue weighted by Crippen LogP contribution is 2.27. The molecule has 0 aliphatic carbocycles. The van der Waals surface area contributed by atoms with Gasteiger partial charge in [0.1, 0.15) is 12.6 Å². The van der Waals surface area contributed by atoms with Gasteiger partial charge in [0.25, 0.3) is 0 Å². The van der Waals surface area contributed by atoms with Crippen molar-refractivity contribution in [1.29, 1.82) is 0 Å². The molecule has 2 amide bonds. The molecule has 1 N–H and O–H groups in total. The molecule has 186 valence electrons. The van der Waals surface area contributed by atoms with Crippen molar-refractivity contribution in [2.24, 2.45) is 0 Å². The molecule has 0 radical (unpaired) electrons. The molecule has 0 aliphatic rings. The van der Waals surface area contributed by atoms with Crippen LogP contribution in [0.1, 0.15) is 32.8 Å². The van der Waals surface area contributed by atoms with Crippen LogP contribution < -0.4 is 9.62 Å². The van der Waals surface area contributed by atoms with Gasteiger partial charge in [0.05, 0.1) is 11.9 Å². The number of nitrogens with one attached hydrogen (secondary N) is 1. The van der Waals surface area contributed by atoms with E-state index >= 15 is 0 Å². The lowest BCUT2D eigenvalue weighted by molar-refractivity contribution is -0.139. The lowest BCUT2D eigenvalue weighted by Gasteiger charge is -2.32. The van der Waals surface area contributed by atoms with Crippen molar-refractivity contribution in [1.82, 2.24) is 10.2 Å². The molecule has 2 aromatic carbocycles. The maximum Gasteiger partial charge on any atom is 0.244 e. The average molecular weight is 549 g/mol. The van der Waals surface area contributed by atoms with E-state index in [4.69, 9.17) is 34.8 Å². The van der Waals surface area contributed by atoms with Crippen molar-refractivity contribution in [3.05, 3.63) is 63.1 Å². The molecule has 11 heteroatoms. The fraction of sp³-hybridized carbons (Fsp3) is 0.391. The highest BCUT2D eigenvalue weighted by Gasteiger charge is 2.30. The predicted molar refractivity (Wildman–Crippen MR) is 138 cm³/mol. The van der Waals surface area contributed by atoms with Crippen LogP contribution in [0.4, 0.5) is 5.69 Å². The summed E-state index contributed by atoms with van der Waals surface area (Å²) >= 11 is 18.2. The number of nitrogens with zero attached hydrogens (tertiary/aromatic N) is 2. The van der Waals surface area contributed by atoms with E-state index in [1.165, 1.54) is 23.1 Å². The number of amides is 2. The van der Waals surface area contributed by atoms with Gasteiger partial charge in [-0.05, 0) is 56.2 Å². The first-order valence-corrected chi connectivity index (χ1v) is 13.6. The van der Waals surface area contributed by atoms with Crippen LogP contribution in [0, 0.1) is 0 Å². The summed E-state index contributed by atoms with van der Waals surface area (Å²) in [7, 11) is -3.88. The van der Waals surface area contributed by atoms with E-state index in [1.807, 2.05) is 13.8 Å². The highest BCUT2D eigenvalue weighted by atomic mass is 35.5. The Morgan fingerprint density at radius 2 is 1.62 bits per heavy atom. The van der Waals surface area contributed by atoms with Crippen LogP contribution in [-0.4, -0.2) is 50.0 Å². The van der Waals surface area contributed by atoms with Gasteiger partial charge in [-0.25, -0.2) is 8.42 Å². The summed E-state index contributed by atoms with van der Waals surface area (Å²) in [6.45, 7) is 4.91. The summed E-state index contributed by atoms with van der Waals surface area (Å²) < 4.78 is 26.1. The van der Waals surface area contributed by atoms with Gasteiger partial charge in [0.15, 0.2) is 0 Å². The number of rotatable bonds is 10. The third kappa shape index (κ3) is 8.05. The van der Waals surface area contributed by atoms with Crippen LogP contribution in [-0.2, 0) is 26.2 Å². The topological polar surface area (TPSA) is 86.8 Å². The second-order valence-corrected chi connectivity index (χ2v) is 11.3. The van der Waals surface area contributed by atoms with E-state index in [0.717, 1.165) is 17.0 Å². The molecule has 34 heavy (non-hydrogen) atoms. The quantitative estimate of drug-likeness (QED) is 0.464. The second-order valence-electron chi connectivity index (χ2n) is 8.04. The summed E-state index contributed by atoms with van der Waals surface area (Å²) in [5.74, 6) is -0.922. The van der Waals surface area contributed by atoms with Gasteiger partial charge in [-0.15, -0.1) is 0 Å². The van der Waals surface area contributed by atoms with Gasteiger partial charge in [0.2, 0.25) is 21.8 Å². The molecular formula is C23H28Cl3N3O4S. The van der Waals surface area contributed by atoms with Crippen molar-refractivity contribution in [3.8, 4) is 0 Å². The molecule has 0 aromatic heterocycles. The van der Waals surface area contributed by atoms with Crippen LogP contribution in [0.15, 0.2) is 42.5 Å². The highest BCUT2D eigenvalue weighted by molar-refractivity contribution is 7.92. The molecule has 0 spiro atoms. The maximum absolute atomic E-state index is 13.5. The molecule has 2 rings (SSSR count). The summed E-state index contributed by atoms with van der Waals surface area (Å²) in [5.41, 5.74) is 0.841. The monoisotopic (exact) mass is 547 g/mol. The standard InChI is InChI=1S/C23H28Cl3N3O4S/c1-5-15(2)27-23(31)16(3)28(13-17-7-6-8-18(24)9-17)22(30)14-29(34(4,32)33)21-11-19(25)10-20(26)12-21/h6-12,15-16H,5,13-14H2,1-4H3,(H,27,31). The lowest BCUT2D eigenvalue weighted by atomic mass is 10.1. The van der Waals surface area contributed by atoms with Crippen LogP contribution in [0.5, 0.6) is 0 Å². The molecule has 2 aromatic rings. The maximum atomic E-state index is 13.5. The number of halogens is 3. The molecular weight excluding hydrogens is 521 g/mol. The van der Waals surface area contributed by atoms with Crippen molar-refractivity contribution >= 4 is 62.3 Å². The Hall–Kier alpha value is -2.00. The summed E-state index contributed by atoms with van der Waals surface area (Å²) in [6, 6.07) is 10.2. The largest absolute Gasteiger partial charge is 0.352 e. The van der Waals surface area contributed by atoms with Crippen LogP contribution >= 0.6 is 34.8 Å². The molecule has 0 aliphatic heterocycles. The van der Waals surface area contributed by atoms with Gasteiger partial charge in [-0.3, -0.25) is 13.9 Å². The summed E-state index contributed by atoms with van der Waals surface area (Å²) in [5, 5.41) is 3.79. The number of carbonyl (C=O) groups excluding carboxylic acids is 2. The van der Waals surface area contributed by atoms with Crippen molar-refractivity contribution < 1.29 is 18.0 Å². The Kier molecular flexibility index (Phi) is 10.1. The van der Waals surface area contributed by atoms with E-state index in [1.54, 1.807) is 31.2 Å². The first-order valence-electron chi connectivity index (χ1n) is 10.6. The number of hydrogen-bond donors (Lipinski definition) is 1. The Morgan fingerprint density at radius 1 is 1.00 bits per heavy atom. The molecule has 0 saturated carbocycles. The zero-order chi connectivity index (χ0) is 25.6. The van der Waals surface area contributed by atoms with Crippen molar-refractivity contribution in [3.63, 3.8) is 0 Å². The molecule has 0 heterocycles. The number of sulfonamides is 1.